The van der Waals surface area contributed by atoms with Gasteiger partial charge in [0, 0.05) is 18.1 Å². The maximum atomic E-state index is 12.6. The van der Waals surface area contributed by atoms with E-state index in [-0.39, 0.29) is 10.8 Å². The van der Waals surface area contributed by atoms with Crippen molar-refractivity contribution >= 4 is 21.6 Å². The molecule has 0 fully saturated rings. The maximum absolute atomic E-state index is 12.6. The largest absolute Gasteiger partial charge is 0.325 e. The summed E-state index contributed by atoms with van der Waals surface area (Å²) in [5, 5.41) is 2.72. The first kappa shape index (κ1) is 19.1. The van der Waals surface area contributed by atoms with Gasteiger partial charge in [-0.15, -0.1) is 0 Å². The SMILES string of the molecule is Cc1ccc(S(=O)(=O)N[C@H](CC(C)C)C(=O)Nc2ccncc2)cc1. The van der Waals surface area contributed by atoms with Crippen LogP contribution in [0.25, 0.3) is 0 Å². The third-order valence-electron chi connectivity index (χ3n) is 3.60. The van der Waals surface area contributed by atoms with Gasteiger partial charge in [0.15, 0.2) is 0 Å². The van der Waals surface area contributed by atoms with Crippen LogP contribution in [0.2, 0.25) is 0 Å². The van der Waals surface area contributed by atoms with Gasteiger partial charge in [0.1, 0.15) is 6.04 Å². The maximum Gasteiger partial charge on any atom is 0.242 e. The zero-order valence-electron chi connectivity index (χ0n) is 14.6. The van der Waals surface area contributed by atoms with Gasteiger partial charge in [-0.25, -0.2) is 8.42 Å². The molecule has 0 spiro atoms. The minimum atomic E-state index is -3.78. The lowest BCUT2D eigenvalue weighted by atomic mass is 10.0. The van der Waals surface area contributed by atoms with E-state index in [1.807, 2.05) is 20.8 Å². The van der Waals surface area contributed by atoms with E-state index in [1.54, 1.807) is 36.7 Å². The predicted octanol–water partition coefficient (Wildman–Crippen LogP) is 2.72. The van der Waals surface area contributed by atoms with Gasteiger partial charge in [0.25, 0.3) is 0 Å². The fraction of sp³-hybridized carbons (Fsp3) is 0.333. The Kier molecular flexibility index (Phi) is 6.27. The summed E-state index contributed by atoms with van der Waals surface area (Å²) in [7, 11) is -3.78. The van der Waals surface area contributed by atoms with Crippen molar-refractivity contribution in [3.05, 3.63) is 54.4 Å². The van der Waals surface area contributed by atoms with Gasteiger partial charge < -0.3 is 5.32 Å². The van der Waals surface area contributed by atoms with E-state index in [4.69, 9.17) is 0 Å². The van der Waals surface area contributed by atoms with Crippen LogP contribution >= 0.6 is 0 Å². The first-order valence-electron chi connectivity index (χ1n) is 8.08. The standard InChI is InChI=1S/C18H23N3O3S/c1-13(2)12-17(18(22)20-15-8-10-19-11-9-15)21-25(23,24)16-6-4-14(3)5-7-16/h4-11,13,17,21H,12H2,1-3H3,(H,19,20,22)/t17-/m1/s1. The Bertz CT molecular complexity index is 803. The molecule has 1 aromatic heterocycles. The third kappa shape index (κ3) is 5.65. The molecule has 0 saturated carbocycles. The van der Waals surface area contributed by atoms with Crippen molar-refractivity contribution in [1.82, 2.24) is 9.71 Å². The van der Waals surface area contributed by atoms with E-state index < -0.39 is 22.0 Å². The summed E-state index contributed by atoms with van der Waals surface area (Å²) >= 11 is 0. The molecule has 1 amide bonds. The van der Waals surface area contributed by atoms with E-state index in [9.17, 15) is 13.2 Å². The zero-order chi connectivity index (χ0) is 18.4. The number of hydrogen-bond acceptors (Lipinski definition) is 4. The zero-order valence-corrected chi connectivity index (χ0v) is 15.4. The number of carbonyl (C=O) groups is 1. The monoisotopic (exact) mass is 361 g/mol. The summed E-state index contributed by atoms with van der Waals surface area (Å²) in [6.45, 7) is 5.76. The summed E-state index contributed by atoms with van der Waals surface area (Å²) in [4.78, 5) is 16.6. The topological polar surface area (TPSA) is 88.2 Å². The van der Waals surface area contributed by atoms with Gasteiger partial charge >= 0.3 is 0 Å². The first-order chi connectivity index (χ1) is 11.8. The highest BCUT2D eigenvalue weighted by atomic mass is 32.2. The van der Waals surface area contributed by atoms with Gasteiger partial charge in [-0.05, 0) is 43.5 Å². The molecular formula is C18H23N3O3S. The fourth-order valence-electron chi connectivity index (χ4n) is 2.32. The quantitative estimate of drug-likeness (QED) is 0.794. The number of benzene rings is 1. The lowest BCUT2D eigenvalue weighted by Gasteiger charge is -2.20. The Morgan fingerprint density at radius 2 is 1.68 bits per heavy atom. The molecule has 0 aliphatic carbocycles. The summed E-state index contributed by atoms with van der Waals surface area (Å²) < 4.78 is 27.7. The number of nitrogens with one attached hydrogen (secondary N) is 2. The molecule has 0 aliphatic rings. The van der Waals surface area contributed by atoms with Crippen LogP contribution in [0, 0.1) is 12.8 Å². The van der Waals surface area contributed by atoms with Crippen LogP contribution in [0.1, 0.15) is 25.8 Å². The molecule has 2 N–H and O–H groups in total. The highest BCUT2D eigenvalue weighted by Gasteiger charge is 2.26. The molecule has 1 aromatic carbocycles. The normalized spacial score (nSPS) is 12.8. The second-order valence-electron chi connectivity index (χ2n) is 6.34. The summed E-state index contributed by atoms with van der Waals surface area (Å²) in [5.74, 6) is -0.246. The highest BCUT2D eigenvalue weighted by molar-refractivity contribution is 7.89. The lowest BCUT2D eigenvalue weighted by Crippen LogP contribution is -2.44. The van der Waals surface area contributed by atoms with Gasteiger partial charge in [0.2, 0.25) is 15.9 Å². The molecule has 0 unspecified atom stereocenters. The average molecular weight is 361 g/mol. The molecular weight excluding hydrogens is 338 g/mol. The van der Waals surface area contributed by atoms with E-state index in [0.717, 1.165) is 5.56 Å². The van der Waals surface area contributed by atoms with Crippen LogP contribution < -0.4 is 10.0 Å². The molecule has 25 heavy (non-hydrogen) atoms. The Labute approximate surface area is 148 Å². The van der Waals surface area contributed by atoms with Gasteiger partial charge in [-0.2, -0.15) is 4.72 Å². The smallest absolute Gasteiger partial charge is 0.242 e. The first-order valence-corrected chi connectivity index (χ1v) is 9.56. The van der Waals surface area contributed by atoms with Gasteiger partial charge in [-0.3, -0.25) is 9.78 Å². The van der Waals surface area contributed by atoms with E-state index in [1.165, 1.54) is 12.1 Å². The molecule has 0 radical (unpaired) electrons. The second-order valence-corrected chi connectivity index (χ2v) is 8.06. The number of amides is 1. The molecule has 0 saturated heterocycles. The minimum absolute atomic E-state index is 0.142. The van der Waals surface area contributed by atoms with Crippen molar-refractivity contribution in [2.45, 2.75) is 38.1 Å². The number of hydrogen-bond donors (Lipinski definition) is 2. The van der Waals surface area contributed by atoms with E-state index in [0.29, 0.717) is 12.1 Å². The molecule has 1 atom stereocenters. The predicted molar refractivity (Wildman–Crippen MR) is 97.6 cm³/mol. The molecule has 2 rings (SSSR count). The van der Waals surface area contributed by atoms with Crippen LogP contribution in [0.5, 0.6) is 0 Å². The highest BCUT2D eigenvalue weighted by Crippen LogP contribution is 2.15. The fourth-order valence-corrected chi connectivity index (χ4v) is 3.53. The van der Waals surface area contributed by atoms with E-state index >= 15 is 0 Å². The number of anilines is 1. The van der Waals surface area contributed by atoms with Gasteiger partial charge in [0.05, 0.1) is 4.90 Å². The van der Waals surface area contributed by atoms with Crippen LogP contribution in [-0.4, -0.2) is 25.4 Å². The molecule has 134 valence electrons. The molecule has 7 heteroatoms. The Morgan fingerprint density at radius 1 is 1.08 bits per heavy atom. The van der Waals surface area contributed by atoms with Crippen LogP contribution in [0.3, 0.4) is 0 Å². The molecule has 0 aliphatic heterocycles. The molecule has 6 nitrogen and oxygen atoms in total. The third-order valence-corrected chi connectivity index (χ3v) is 5.09. The van der Waals surface area contributed by atoms with Crippen LogP contribution in [0.4, 0.5) is 5.69 Å². The summed E-state index contributed by atoms with van der Waals surface area (Å²) in [6, 6.07) is 8.96. The number of aromatic nitrogens is 1. The molecule has 2 aromatic rings. The number of rotatable bonds is 7. The number of nitrogens with zero attached hydrogens (tertiary/aromatic N) is 1. The number of aryl methyl sites for hydroxylation is 1. The number of pyridine rings is 1. The molecule has 0 bridgehead atoms. The Morgan fingerprint density at radius 3 is 2.24 bits per heavy atom. The molecule has 1 heterocycles. The van der Waals surface area contributed by atoms with Crippen molar-refractivity contribution in [2.24, 2.45) is 5.92 Å². The lowest BCUT2D eigenvalue weighted by molar-refractivity contribution is -0.118. The summed E-state index contributed by atoms with van der Waals surface area (Å²) in [6.07, 6.45) is 3.51. The van der Waals surface area contributed by atoms with Crippen molar-refractivity contribution in [2.75, 3.05) is 5.32 Å². The van der Waals surface area contributed by atoms with Crippen LogP contribution in [-0.2, 0) is 14.8 Å². The second kappa shape index (κ2) is 8.22. The number of carbonyl (C=O) groups excluding carboxylic acids is 1. The van der Waals surface area contributed by atoms with Crippen LogP contribution in [0.15, 0.2) is 53.7 Å². The van der Waals surface area contributed by atoms with Crippen molar-refractivity contribution < 1.29 is 13.2 Å². The summed E-state index contributed by atoms with van der Waals surface area (Å²) in [5.41, 5.74) is 1.54. The van der Waals surface area contributed by atoms with Crippen molar-refractivity contribution in [3.63, 3.8) is 0 Å². The van der Waals surface area contributed by atoms with E-state index in [2.05, 4.69) is 15.0 Å². The van der Waals surface area contributed by atoms with Crippen molar-refractivity contribution in [3.8, 4) is 0 Å². The van der Waals surface area contributed by atoms with Gasteiger partial charge in [-0.1, -0.05) is 31.5 Å². The average Bonchev–Trinajstić information content (AvgIpc) is 2.55. The van der Waals surface area contributed by atoms with Crippen molar-refractivity contribution in [1.29, 1.82) is 0 Å². The Hall–Kier alpha value is -2.25. The minimum Gasteiger partial charge on any atom is -0.325 e. The number of sulfonamides is 1. The Balaban J connectivity index is 2.19.